The molecule has 0 radical (unpaired) electrons. The van der Waals surface area contributed by atoms with Gasteiger partial charge in [-0.2, -0.15) is 0 Å². The molecule has 8 heteroatoms. The van der Waals surface area contributed by atoms with Gasteiger partial charge in [0.05, 0.1) is 13.2 Å². The molecule has 7 nitrogen and oxygen atoms in total. The predicted octanol–water partition coefficient (Wildman–Crippen LogP) is 1.76. The van der Waals surface area contributed by atoms with E-state index in [9.17, 15) is 19.1 Å². The Balaban J connectivity index is 2.15. The zero-order valence-electron chi connectivity index (χ0n) is 13.6. The van der Waals surface area contributed by atoms with Crippen molar-refractivity contribution in [2.75, 3.05) is 30.3 Å². The Morgan fingerprint density at radius 2 is 1.96 bits per heavy atom. The first-order chi connectivity index (χ1) is 12.0. The largest absolute Gasteiger partial charge is 0.505 e. The van der Waals surface area contributed by atoms with E-state index >= 15 is 0 Å². The molecule has 0 bridgehead atoms. The molecule has 0 saturated carbocycles. The van der Waals surface area contributed by atoms with Crippen LogP contribution in [0.4, 0.5) is 15.9 Å². The highest BCUT2D eigenvalue weighted by Gasteiger charge is 2.28. The number of hydrogen-bond donors (Lipinski definition) is 3. The second-order valence-electron chi connectivity index (χ2n) is 5.54. The molecular weight excluding hydrogens is 329 g/mol. The van der Waals surface area contributed by atoms with Crippen LogP contribution in [0.2, 0.25) is 0 Å². The third-order valence-electron chi connectivity index (χ3n) is 3.89. The summed E-state index contributed by atoms with van der Waals surface area (Å²) in [4.78, 5) is 24.9. The number of nitrogens with one attached hydrogen (secondary N) is 2. The van der Waals surface area contributed by atoms with Crippen LogP contribution in [0.25, 0.3) is 0 Å². The lowest BCUT2D eigenvalue weighted by Crippen LogP contribution is -2.34. The summed E-state index contributed by atoms with van der Waals surface area (Å²) in [6.07, 6.45) is 0. The number of esters is 1. The molecule has 2 heterocycles. The van der Waals surface area contributed by atoms with Crippen LogP contribution >= 0.6 is 0 Å². The van der Waals surface area contributed by atoms with Crippen LogP contribution < -0.4 is 16.2 Å². The van der Waals surface area contributed by atoms with Gasteiger partial charge in [0.15, 0.2) is 11.3 Å². The standard InChI is InChI=1S/C17H18FN3O4/c1-2-25-17(24)12-14(22)13-15(20-8-7-19-13)21(16(12)23)9-10-3-5-11(18)6-4-10/h3-6,19-20,22H,2,7-9H2,1H3. The van der Waals surface area contributed by atoms with Gasteiger partial charge in [0.2, 0.25) is 0 Å². The van der Waals surface area contributed by atoms with Gasteiger partial charge >= 0.3 is 5.97 Å². The fraction of sp³-hybridized carbons (Fsp3) is 0.294. The number of nitrogens with zero attached hydrogens (tertiary/aromatic N) is 1. The first kappa shape index (κ1) is 16.8. The van der Waals surface area contributed by atoms with E-state index in [1.54, 1.807) is 19.1 Å². The Bertz CT molecular complexity index is 862. The van der Waals surface area contributed by atoms with Gasteiger partial charge in [-0.15, -0.1) is 0 Å². The minimum atomic E-state index is -0.881. The highest BCUT2D eigenvalue weighted by molar-refractivity contribution is 5.96. The van der Waals surface area contributed by atoms with Crippen LogP contribution in [0.3, 0.4) is 0 Å². The molecule has 1 aliphatic heterocycles. The number of carbonyl (C=O) groups excluding carboxylic acids is 1. The quantitative estimate of drug-likeness (QED) is 0.730. The lowest BCUT2D eigenvalue weighted by molar-refractivity contribution is 0.0520. The molecule has 0 aliphatic carbocycles. The lowest BCUT2D eigenvalue weighted by atomic mass is 10.1. The summed E-state index contributed by atoms with van der Waals surface area (Å²) in [5.74, 6) is -1.31. The van der Waals surface area contributed by atoms with Crippen LogP contribution in [0.15, 0.2) is 29.1 Å². The van der Waals surface area contributed by atoms with Gasteiger partial charge in [-0.1, -0.05) is 12.1 Å². The molecule has 0 fully saturated rings. The topological polar surface area (TPSA) is 92.6 Å². The molecule has 0 spiro atoms. The lowest BCUT2D eigenvalue weighted by Gasteiger charge is -2.25. The summed E-state index contributed by atoms with van der Waals surface area (Å²) in [5.41, 5.74) is -0.135. The maximum Gasteiger partial charge on any atom is 0.347 e. The zero-order chi connectivity index (χ0) is 18.0. The van der Waals surface area contributed by atoms with Gasteiger partial charge in [-0.25, -0.2) is 9.18 Å². The van der Waals surface area contributed by atoms with E-state index in [1.165, 1.54) is 16.7 Å². The maximum atomic E-state index is 13.1. The Morgan fingerprint density at radius 1 is 1.28 bits per heavy atom. The Kier molecular flexibility index (Phi) is 4.60. The SMILES string of the molecule is CCOC(=O)c1c(O)c2c(n(Cc3ccc(F)cc3)c1=O)NCCN2. The summed E-state index contributed by atoms with van der Waals surface area (Å²) in [6.45, 7) is 2.89. The van der Waals surface area contributed by atoms with Crippen LogP contribution in [0, 0.1) is 5.82 Å². The molecule has 0 atom stereocenters. The predicted molar refractivity (Wildman–Crippen MR) is 90.8 cm³/mol. The van der Waals surface area contributed by atoms with Crippen LogP contribution in [-0.4, -0.2) is 35.3 Å². The minimum Gasteiger partial charge on any atom is -0.505 e. The number of aromatic nitrogens is 1. The van der Waals surface area contributed by atoms with Crippen molar-refractivity contribution < 1.29 is 19.0 Å². The number of fused-ring (bicyclic) bond motifs is 1. The molecule has 1 aromatic heterocycles. The van der Waals surface area contributed by atoms with Gasteiger partial charge in [0, 0.05) is 13.1 Å². The Hall–Kier alpha value is -3.03. The van der Waals surface area contributed by atoms with E-state index in [2.05, 4.69) is 10.6 Å². The van der Waals surface area contributed by atoms with E-state index in [0.717, 1.165) is 0 Å². The Labute approximate surface area is 143 Å². The van der Waals surface area contributed by atoms with E-state index < -0.39 is 22.8 Å². The maximum absolute atomic E-state index is 13.1. The number of rotatable bonds is 4. The normalized spacial score (nSPS) is 12.7. The molecule has 132 valence electrons. The number of pyridine rings is 1. The molecule has 3 N–H and O–H groups in total. The molecule has 2 aromatic rings. The average molecular weight is 347 g/mol. The van der Waals surface area contributed by atoms with Crippen molar-refractivity contribution in [3.8, 4) is 5.75 Å². The fourth-order valence-corrected chi connectivity index (χ4v) is 2.74. The van der Waals surface area contributed by atoms with Crippen molar-refractivity contribution in [3.05, 3.63) is 51.6 Å². The molecular formula is C17H18FN3O4. The Morgan fingerprint density at radius 3 is 2.64 bits per heavy atom. The van der Waals surface area contributed by atoms with Crippen LogP contribution in [0.1, 0.15) is 22.8 Å². The van der Waals surface area contributed by atoms with E-state index in [1.807, 2.05) is 0 Å². The summed E-state index contributed by atoms with van der Waals surface area (Å²) < 4.78 is 19.3. The highest BCUT2D eigenvalue weighted by atomic mass is 19.1. The monoisotopic (exact) mass is 347 g/mol. The van der Waals surface area contributed by atoms with Gasteiger partial charge < -0.3 is 20.5 Å². The van der Waals surface area contributed by atoms with Gasteiger partial charge in [0.25, 0.3) is 5.56 Å². The van der Waals surface area contributed by atoms with Crippen molar-refractivity contribution in [1.82, 2.24) is 4.57 Å². The minimum absolute atomic E-state index is 0.0818. The number of aromatic hydroxyl groups is 1. The fourth-order valence-electron chi connectivity index (χ4n) is 2.74. The van der Waals surface area contributed by atoms with Crippen molar-refractivity contribution in [2.24, 2.45) is 0 Å². The molecule has 1 aromatic carbocycles. The second-order valence-corrected chi connectivity index (χ2v) is 5.54. The summed E-state index contributed by atoms with van der Waals surface area (Å²) >= 11 is 0. The third kappa shape index (κ3) is 3.15. The van der Waals surface area contributed by atoms with Crippen molar-refractivity contribution in [1.29, 1.82) is 0 Å². The molecule has 0 saturated heterocycles. The first-order valence-corrected chi connectivity index (χ1v) is 7.92. The van der Waals surface area contributed by atoms with Gasteiger partial charge in [0.1, 0.15) is 17.3 Å². The van der Waals surface area contributed by atoms with E-state index in [4.69, 9.17) is 4.74 Å². The molecule has 0 amide bonds. The van der Waals surface area contributed by atoms with Crippen molar-refractivity contribution in [2.45, 2.75) is 13.5 Å². The van der Waals surface area contributed by atoms with Gasteiger partial charge in [-0.05, 0) is 24.6 Å². The number of benzene rings is 1. The zero-order valence-corrected chi connectivity index (χ0v) is 13.6. The number of halogens is 1. The van der Waals surface area contributed by atoms with Crippen LogP contribution in [0.5, 0.6) is 5.75 Å². The summed E-state index contributed by atoms with van der Waals surface area (Å²) in [5, 5.41) is 16.4. The number of ether oxygens (including phenoxy) is 1. The molecule has 0 unspecified atom stereocenters. The van der Waals surface area contributed by atoms with E-state index in [0.29, 0.717) is 24.5 Å². The smallest absolute Gasteiger partial charge is 0.347 e. The van der Waals surface area contributed by atoms with Crippen molar-refractivity contribution in [3.63, 3.8) is 0 Å². The number of hydrogen-bond acceptors (Lipinski definition) is 6. The second kappa shape index (κ2) is 6.84. The first-order valence-electron chi connectivity index (χ1n) is 7.92. The van der Waals surface area contributed by atoms with E-state index in [-0.39, 0.29) is 24.7 Å². The molecule has 1 aliphatic rings. The number of anilines is 2. The van der Waals surface area contributed by atoms with Crippen LogP contribution in [-0.2, 0) is 11.3 Å². The van der Waals surface area contributed by atoms with Crippen molar-refractivity contribution >= 4 is 17.5 Å². The summed E-state index contributed by atoms with van der Waals surface area (Å²) in [7, 11) is 0. The third-order valence-corrected chi connectivity index (χ3v) is 3.89. The summed E-state index contributed by atoms with van der Waals surface area (Å²) in [6, 6.07) is 5.71. The van der Waals surface area contributed by atoms with Gasteiger partial charge in [-0.3, -0.25) is 9.36 Å². The number of carbonyl (C=O) groups is 1. The average Bonchev–Trinajstić information content (AvgIpc) is 2.60. The molecule has 3 rings (SSSR count). The molecule has 25 heavy (non-hydrogen) atoms. The highest BCUT2D eigenvalue weighted by Crippen LogP contribution is 2.35.